The molecule has 7 nitrogen and oxygen atoms in total. The highest BCUT2D eigenvalue weighted by atomic mass is 19.3. The van der Waals surface area contributed by atoms with E-state index >= 15 is 0 Å². The smallest absolute Gasteiger partial charge is 0.387 e. The standard InChI is InChI=1S/C22H28F2N4O3/c1-25-22(26-13-15-6-4-5-7-20(15)31-21(23)24)27-16-8-9-28(14-16)17-10-18(29-2)12-19(11-17)30-3/h4-7,10-12,16,21H,8-9,13-14H2,1-3H3,(H2,25,26,27). The molecule has 0 amide bonds. The zero-order chi connectivity index (χ0) is 22.2. The van der Waals surface area contributed by atoms with Crippen molar-refractivity contribution >= 4 is 11.6 Å². The van der Waals surface area contributed by atoms with E-state index in [-0.39, 0.29) is 11.8 Å². The zero-order valence-corrected chi connectivity index (χ0v) is 17.9. The van der Waals surface area contributed by atoms with E-state index in [1.807, 2.05) is 18.2 Å². The lowest BCUT2D eigenvalue weighted by molar-refractivity contribution is -0.0504. The van der Waals surface area contributed by atoms with Gasteiger partial charge in [0.15, 0.2) is 5.96 Å². The van der Waals surface area contributed by atoms with E-state index in [1.165, 1.54) is 6.07 Å². The van der Waals surface area contributed by atoms with Crippen molar-refractivity contribution in [3.05, 3.63) is 48.0 Å². The first kappa shape index (κ1) is 22.5. The first-order valence-electron chi connectivity index (χ1n) is 10.00. The van der Waals surface area contributed by atoms with Crippen molar-refractivity contribution in [2.24, 2.45) is 4.99 Å². The second-order valence-corrected chi connectivity index (χ2v) is 7.06. The summed E-state index contributed by atoms with van der Waals surface area (Å²) in [4.78, 5) is 6.51. The second-order valence-electron chi connectivity index (χ2n) is 7.06. The van der Waals surface area contributed by atoms with Crippen LogP contribution in [0.25, 0.3) is 0 Å². The fraction of sp³-hybridized carbons (Fsp3) is 0.409. The van der Waals surface area contributed by atoms with Gasteiger partial charge in [-0.15, -0.1) is 0 Å². The molecule has 1 saturated heterocycles. The third-order valence-electron chi connectivity index (χ3n) is 5.09. The number of halogens is 2. The second kappa shape index (κ2) is 10.7. The normalized spacial score (nSPS) is 16.4. The fourth-order valence-corrected chi connectivity index (χ4v) is 3.52. The van der Waals surface area contributed by atoms with Crippen LogP contribution in [0.15, 0.2) is 47.5 Å². The minimum atomic E-state index is -2.86. The van der Waals surface area contributed by atoms with Crippen LogP contribution in [0, 0.1) is 0 Å². The lowest BCUT2D eigenvalue weighted by atomic mass is 10.2. The molecule has 31 heavy (non-hydrogen) atoms. The number of nitrogens with zero attached hydrogens (tertiary/aromatic N) is 2. The molecule has 0 aliphatic carbocycles. The molecule has 1 fully saturated rings. The SMILES string of the molecule is CN=C(NCc1ccccc1OC(F)F)NC1CCN(c2cc(OC)cc(OC)c2)C1. The van der Waals surface area contributed by atoms with Crippen molar-refractivity contribution in [2.45, 2.75) is 25.6 Å². The molecule has 2 aromatic rings. The maximum atomic E-state index is 12.6. The number of methoxy groups -OCH3 is 2. The Labute approximate surface area is 181 Å². The highest BCUT2D eigenvalue weighted by molar-refractivity contribution is 5.80. The van der Waals surface area contributed by atoms with Gasteiger partial charge in [0, 0.05) is 62.2 Å². The molecular formula is C22H28F2N4O3. The van der Waals surface area contributed by atoms with Crippen LogP contribution in [0.2, 0.25) is 0 Å². The van der Waals surface area contributed by atoms with Crippen molar-refractivity contribution < 1.29 is 23.0 Å². The van der Waals surface area contributed by atoms with Crippen LogP contribution in [0.4, 0.5) is 14.5 Å². The van der Waals surface area contributed by atoms with Gasteiger partial charge in [-0.1, -0.05) is 18.2 Å². The Kier molecular flexibility index (Phi) is 7.75. The molecular weight excluding hydrogens is 406 g/mol. The minimum absolute atomic E-state index is 0.152. The third kappa shape index (κ3) is 6.13. The highest BCUT2D eigenvalue weighted by Gasteiger charge is 2.24. The topological polar surface area (TPSA) is 67.4 Å². The number of hydrogen-bond donors (Lipinski definition) is 2. The Morgan fingerprint density at radius 3 is 2.52 bits per heavy atom. The summed E-state index contributed by atoms with van der Waals surface area (Å²) < 4.78 is 40.5. The molecule has 1 aliphatic heterocycles. The van der Waals surface area contributed by atoms with Gasteiger partial charge in [-0.05, 0) is 12.5 Å². The largest absolute Gasteiger partial charge is 0.497 e. The number of rotatable bonds is 8. The summed E-state index contributed by atoms with van der Waals surface area (Å²) in [5.41, 5.74) is 1.66. The first-order valence-corrected chi connectivity index (χ1v) is 10.00. The van der Waals surface area contributed by atoms with Gasteiger partial charge >= 0.3 is 6.61 Å². The fourth-order valence-electron chi connectivity index (χ4n) is 3.52. The van der Waals surface area contributed by atoms with E-state index in [4.69, 9.17) is 9.47 Å². The van der Waals surface area contributed by atoms with Crippen LogP contribution >= 0.6 is 0 Å². The number of alkyl halides is 2. The molecule has 2 aromatic carbocycles. The summed E-state index contributed by atoms with van der Waals surface area (Å²) in [7, 11) is 4.94. The van der Waals surface area contributed by atoms with Crippen LogP contribution in [-0.4, -0.2) is 53.0 Å². The summed E-state index contributed by atoms with van der Waals surface area (Å²) >= 11 is 0. The predicted molar refractivity (Wildman–Crippen MR) is 117 cm³/mol. The average Bonchev–Trinajstić information content (AvgIpc) is 3.25. The van der Waals surface area contributed by atoms with Gasteiger partial charge in [-0.25, -0.2) is 0 Å². The maximum Gasteiger partial charge on any atom is 0.387 e. The Bertz CT molecular complexity index is 873. The summed E-state index contributed by atoms with van der Waals surface area (Å²) in [6.45, 7) is -0.900. The number of hydrogen-bond acceptors (Lipinski definition) is 5. The number of nitrogens with one attached hydrogen (secondary N) is 2. The van der Waals surface area contributed by atoms with E-state index in [1.54, 1.807) is 39.5 Å². The van der Waals surface area contributed by atoms with Gasteiger partial charge in [0.25, 0.3) is 0 Å². The van der Waals surface area contributed by atoms with E-state index < -0.39 is 6.61 Å². The van der Waals surface area contributed by atoms with E-state index in [0.717, 1.165) is 36.7 Å². The average molecular weight is 434 g/mol. The van der Waals surface area contributed by atoms with Gasteiger partial charge in [0.05, 0.1) is 14.2 Å². The van der Waals surface area contributed by atoms with E-state index in [2.05, 4.69) is 25.3 Å². The van der Waals surface area contributed by atoms with Gasteiger partial charge in [0.1, 0.15) is 17.2 Å². The Morgan fingerprint density at radius 2 is 1.87 bits per heavy atom. The van der Waals surface area contributed by atoms with E-state index in [0.29, 0.717) is 18.1 Å². The molecule has 3 rings (SSSR count). The molecule has 2 N–H and O–H groups in total. The van der Waals surface area contributed by atoms with E-state index in [9.17, 15) is 8.78 Å². The summed E-state index contributed by atoms with van der Waals surface area (Å²) in [5.74, 6) is 2.24. The van der Waals surface area contributed by atoms with Crippen LogP contribution in [0.1, 0.15) is 12.0 Å². The van der Waals surface area contributed by atoms with Crippen LogP contribution in [0.3, 0.4) is 0 Å². The summed E-state index contributed by atoms with van der Waals surface area (Å²) in [6, 6.07) is 12.7. The molecule has 0 saturated carbocycles. The summed E-state index contributed by atoms with van der Waals surface area (Å²) in [6.07, 6.45) is 0.922. The third-order valence-corrected chi connectivity index (χ3v) is 5.09. The molecule has 0 aromatic heterocycles. The number of guanidine groups is 1. The molecule has 1 aliphatic rings. The van der Waals surface area contributed by atoms with Crippen LogP contribution in [0.5, 0.6) is 17.2 Å². The maximum absolute atomic E-state index is 12.6. The molecule has 0 bridgehead atoms. The molecule has 1 unspecified atom stereocenters. The Hall–Kier alpha value is -3.23. The van der Waals surface area contributed by atoms with Crippen molar-refractivity contribution in [2.75, 3.05) is 39.3 Å². The molecule has 168 valence electrons. The van der Waals surface area contributed by atoms with Gasteiger partial charge < -0.3 is 29.7 Å². The van der Waals surface area contributed by atoms with Crippen LogP contribution in [-0.2, 0) is 6.54 Å². The van der Waals surface area contributed by atoms with Crippen molar-refractivity contribution in [3.8, 4) is 17.2 Å². The number of anilines is 1. The molecule has 0 spiro atoms. The number of benzene rings is 2. The van der Waals surface area contributed by atoms with Gasteiger partial charge in [0.2, 0.25) is 0 Å². The zero-order valence-electron chi connectivity index (χ0n) is 17.9. The monoisotopic (exact) mass is 434 g/mol. The Balaban J connectivity index is 1.58. The van der Waals surface area contributed by atoms with Crippen molar-refractivity contribution in [1.82, 2.24) is 10.6 Å². The lowest BCUT2D eigenvalue weighted by Crippen LogP contribution is -2.44. The molecule has 1 heterocycles. The quantitative estimate of drug-likeness (QED) is 0.491. The minimum Gasteiger partial charge on any atom is -0.497 e. The molecule has 1 atom stereocenters. The molecule has 9 heteroatoms. The van der Waals surface area contributed by atoms with Crippen LogP contribution < -0.4 is 29.7 Å². The number of ether oxygens (including phenoxy) is 3. The lowest BCUT2D eigenvalue weighted by Gasteiger charge is -2.21. The summed E-state index contributed by atoms with van der Waals surface area (Å²) in [5, 5.41) is 6.57. The number of aliphatic imine (C=N–C) groups is 1. The van der Waals surface area contributed by atoms with Crippen molar-refractivity contribution in [1.29, 1.82) is 0 Å². The molecule has 0 radical (unpaired) electrons. The predicted octanol–water partition coefficient (Wildman–Crippen LogP) is 3.25. The van der Waals surface area contributed by atoms with Gasteiger partial charge in [-0.3, -0.25) is 4.99 Å². The van der Waals surface area contributed by atoms with Crippen molar-refractivity contribution in [3.63, 3.8) is 0 Å². The number of para-hydroxylation sites is 1. The first-order chi connectivity index (χ1) is 15.0. The van der Waals surface area contributed by atoms with Gasteiger partial charge in [-0.2, -0.15) is 8.78 Å². The highest BCUT2D eigenvalue weighted by Crippen LogP contribution is 2.30. The Morgan fingerprint density at radius 1 is 1.16 bits per heavy atom.